The molecule has 0 spiro atoms. The van der Waals surface area contributed by atoms with Crippen LogP contribution < -0.4 is 0 Å². The molecular formula is C16H13BrN4. The highest BCUT2D eigenvalue weighted by atomic mass is 79.9. The van der Waals surface area contributed by atoms with E-state index in [0.717, 1.165) is 26.8 Å². The average molecular weight is 341 g/mol. The van der Waals surface area contributed by atoms with Crippen LogP contribution in [0.3, 0.4) is 0 Å². The van der Waals surface area contributed by atoms with E-state index in [1.165, 1.54) is 16.5 Å². The van der Waals surface area contributed by atoms with Gasteiger partial charge in [0.2, 0.25) is 0 Å². The van der Waals surface area contributed by atoms with Gasteiger partial charge in [0.25, 0.3) is 0 Å². The molecule has 4 aromatic rings. The van der Waals surface area contributed by atoms with Gasteiger partial charge in [-0.15, -0.1) is 0 Å². The van der Waals surface area contributed by atoms with E-state index in [1.54, 1.807) is 6.33 Å². The van der Waals surface area contributed by atoms with E-state index < -0.39 is 0 Å². The van der Waals surface area contributed by atoms with Crippen molar-refractivity contribution in [3.63, 3.8) is 0 Å². The zero-order valence-corrected chi connectivity index (χ0v) is 13.3. The van der Waals surface area contributed by atoms with Crippen LogP contribution in [0, 0.1) is 13.8 Å². The summed E-state index contributed by atoms with van der Waals surface area (Å²) in [7, 11) is 0. The Bertz CT molecular complexity index is 981. The van der Waals surface area contributed by atoms with Gasteiger partial charge in [-0.2, -0.15) is 5.10 Å². The number of benzene rings is 1. The molecule has 3 heterocycles. The molecule has 0 aliphatic heterocycles. The maximum atomic E-state index is 4.26. The fourth-order valence-corrected chi connectivity index (χ4v) is 3.49. The molecule has 3 aromatic heterocycles. The minimum atomic E-state index is 0.902. The lowest BCUT2D eigenvalue weighted by molar-refractivity contribution is 0.958. The summed E-state index contributed by atoms with van der Waals surface area (Å²) in [5.74, 6) is 0. The molecule has 104 valence electrons. The van der Waals surface area contributed by atoms with Crippen LogP contribution >= 0.6 is 15.9 Å². The molecule has 21 heavy (non-hydrogen) atoms. The monoisotopic (exact) mass is 340 g/mol. The molecule has 0 aliphatic rings. The van der Waals surface area contributed by atoms with Gasteiger partial charge in [-0.1, -0.05) is 6.07 Å². The highest BCUT2D eigenvalue weighted by molar-refractivity contribution is 9.10. The number of halogens is 1. The SMILES string of the molecule is Cc1cc(-c2cc(C)c3ncnn3c2)cc2[nH]cc(Br)c12. The highest BCUT2D eigenvalue weighted by Gasteiger charge is 2.10. The molecule has 1 aromatic carbocycles. The Morgan fingerprint density at radius 3 is 2.76 bits per heavy atom. The van der Waals surface area contributed by atoms with E-state index >= 15 is 0 Å². The van der Waals surface area contributed by atoms with Gasteiger partial charge in [0.05, 0.1) is 0 Å². The van der Waals surface area contributed by atoms with Crippen LogP contribution in [0.5, 0.6) is 0 Å². The molecule has 0 aliphatic carbocycles. The Labute approximate surface area is 130 Å². The lowest BCUT2D eigenvalue weighted by Crippen LogP contribution is -1.92. The van der Waals surface area contributed by atoms with Crippen molar-refractivity contribution in [1.29, 1.82) is 0 Å². The number of aromatic nitrogens is 4. The summed E-state index contributed by atoms with van der Waals surface area (Å²) in [5.41, 5.74) is 6.71. The van der Waals surface area contributed by atoms with E-state index in [4.69, 9.17) is 0 Å². The summed E-state index contributed by atoms with van der Waals surface area (Å²) >= 11 is 3.58. The van der Waals surface area contributed by atoms with Crippen molar-refractivity contribution in [2.24, 2.45) is 0 Å². The molecule has 0 saturated heterocycles. The number of H-pyrrole nitrogens is 1. The van der Waals surface area contributed by atoms with Gasteiger partial charge in [0, 0.05) is 33.3 Å². The summed E-state index contributed by atoms with van der Waals surface area (Å²) < 4.78 is 2.93. The molecule has 4 nitrogen and oxygen atoms in total. The second kappa shape index (κ2) is 4.43. The van der Waals surface area contributed by atoms with Crippen molar-refractivity contribution in [2.45, 2.75) is 13.8 Å². The lowest BCUT2D eigenvalue weighted by Gasteiger charge is -2.07. The summed E-state index contributed by atoms with van der Waals surface area (Å²) in [6.07, 6.45) is 5.59. The predicted molar refractivity (Wildman–Crippen MR) is 87.5 cm³/mol. The zero-order chi connectivity index (χ0) is 14.6. The van der Waals surface area contributed by atoms with Gasteiger partial charge in [-0.25, -0.2) is 9.50 Å². The van der Waals surface area contributed by atoms with E-state index in [2.05, 4.69) is 63.0 Å². The van der Waals surface area contributed by atoms with Gasteiger partial charge in [-0.05, 0) is 58.6 Å². The van der Waals surface area contributed by atoms with E-state index in [9.17, 15) is 0 Å². The Kier molecular flexibility index (Phi) is 2.65. The fourth-order valence-electron chi connectivity index (χ4n) is 2.85. The summed E-state index contributed by atoms with van der Waals surface area (Å²) in [6.45, 7) is 4.19. The Hall–Kier alpha value is -2.14. The maximum absolute atomic E-state index is 4.26. The molecule has 0 amide bonds. The minimum Gasteiger partial charge on any atom is -0.360 e. The summed E-state index contributed by atoms with van der Waals surface area (Å²) in [4.78, 5) is 7.57. The molecular weight excluding hydrogens is 328 g/mol. The van der Waals surface area contributed by atoms with Gasteiger partial charge in [-0.3, -0.25) is 0 Å². The lowest BCUT2D eigenvalue weighted by atomic mass is 10.0. The average Bonchev–Trinajstić information content (AvgIpc) is 3.06. The number of hydrogen-bond donors (Lipinski definition) is 1. The van der Waals surface area contributed by atoms with Crippen LogP contribution in [-0.2, 0) is 0 Å². The van der Waals surface area contributed by atoms with Crippen LogP contribution in [-0.4, -0.2) is 19.6 Å². The van der Waals surface area contributed by atoms with Crippen molar-refractivity contribution in [2.75, 3.05) is 0 Å². The molecule has 1 N–H and O–H groups in total. The van der Waals surface area contributed by atoms with E-state index in [-0.39, 0.29) is 0 Å². The first-order chi connectivity index (χ1) is 10.1. The second-order valence-corrected chi connectivity index (χ2v) is 6.15. The number of aromatic amines is 1. The van der Waals surface area contributed by atoms with Crippen LogP contribution in [0.4, 0.5) is 0 Å². The third-order valence-electron chi connectivity index (χ3n) is 3.82. The van der Waals surface area contributed by atoms with E-state index in [0.29, 0.717) is 0 Å². The summed E-state index contributed by atoms with van der Waals surface area (Å²) in [5, 5.41) is 5.48. The molecule has 0 unspecified atom stereocenters. The van der Waals surface area contributed by atoms with Crippen LogP contribution in [0.2, 0.25) is 0 Å². The first-order valence-electron chi connectivity index (χ1n) is 6.71. The van der Waals surface area contributed by atoms with Crippen LogP contribution in [0.1, 0.15) is 11.1 Å². The van der Waals surface area contributed by atoms with Gasteiger partial charge < -0.3 is 4.98 Å². The third-order valence-corrected chi connectivity index (χ3v) is 4.45. The minimum absolute atomic E-state index is 0.902. The molecule has 0 fully saturated rings. The third kappa shape index (κ3) is 1.88. The number of fused-ring (bicyclic) bond motifs is 2. The van der Waals surface area contributed by atoms with Gasteiger partial charge in [0.1, 0.15) is 6.33 Å². The number of nitrogens with zero attached hydrogens (tertiary/aromatic N) is 3. The number of hydrogen-bond acceptors (Lipinski definition) is 2. The standard InChI is InChI=1S/C16H13BrN4/c1-9-3-11(5-14-15(9)13(17)6-18-14)12-4-10(2)16-19-8-20-21(16)7-12/h3-8,18H,1-2H3. The van der Waals surface area contributed by atoms with Gasteiger partial charge >= 0.3 is 0 Å². The number of aryl methyl sites for hydroxylation is 2. The maximum Gasteiger partial charge on any atom is 0.158 e. The number of rotatable bonds is 1. The topological polar surface area (TPSA) is 46.0 Å². The second-order valence-electron chi connectivity index (χ2n) is 5.29. The zero-order valence-electron chi connectivity index (χ0n) is 11.7. The predicted octanol–water partition coefficient (Wildman–Crippen LogP) is 4.26. The van der Waals surface area contributed by atoms with Crippen LogP contribution in [0.15, 0.2) is 41.4 Å². The smallest absolute Gasteiger partial charge is 0.158 e. The Morgan fingerprint density at radius 1 is 1.10 bits per heavy atom. The Balaban J connectivity index is 1.99. The normalized spacial score (nSPS) is 11.6. The first kappa shape index (κ1) is 12.6. The molecule has 0 radical (unpaired) electrons. The number of pyridine rings is 1. The molecule has 0 atom stereocenters. The van der Waals surface area contributed by atoms with Crippen molar-refractivity contribution in [1.82, 2.24) is 19.6 Å². The molecule has 0 bridgehead atoms. The number of nitrogens with one attached hydrogen (secondary N) is 1. The van der Waals surface area contributed by atoms with Crippen molar-refractivity contribution >= 4 is 32.5 Å². The van der Waals surface area contributed by atoms with Crippen molar-refractivity contribution < 1.29 is 0 Å². The molecule has 4 rings (SSSR count). The summed E-state index contributed by atoms with van der Waals surface area (Å²) in [6, 6.07) is 6.53. The van der Waals surface area contributed by atoms with Crippen molar-refractivity contribution in [3.05, 3.63) is 52.5 Å². The van der Waals surface area contributed by atoms with Crippen molar-refractivity contribution in [3.8, 4) is 11.1 Å². The van der Waals surface area contributed by atoms with Gasteiger partial charge in [0.15, 0.2) is 5.65 Å². The molecule has 0 saturated carbocycles. The van der Waals surface area contributed by atoms with E-state index in [1.807, 2.05) is 16.9 Å². The largest absolute Gasteiger partial charge is 0.360 e. The highest BCUT2D eigenvalue weighted by Crippen LogP contribution is 2.32. The molecule has 5 heteroatoms. The van der Waals surface area contributed by atoms with Crippen LogP contribution in [0.25, 0.3) is 27.7 Å². The quantitative estimate of drug-likeness (QED) is 0.562. The Morgan fingerprint density at radius 2 is 1.90 bits per heavy atom. The first-order valence-corrected chi connectivity index (χ1v) is 7.50. The fraction of sp³-hybridized carbons (Fsp3) is 0.125.